The molecule has 3 aromatic rings. The van der Waals surface area contributed by atoms with Crippen molar-refractivity contribution in [3.63, 3.8) is 0 Å². The number of hydrogen-bond donors (Lipinski definition) is 2. The Kier molecular flexibility index (Phi) is 5.80. The van der Waals surface area contributed by atoms with Gasteiger partial charge in [0.1, 0.15) is 5.82 Å². The van der Waals surface area contributed by atoms with Crippen molar-refractivity contribution < 1.29 is 14.0 Å². The van der Waals surface area contributed by atoms with Crippen molar-refractivity contribution in [2.45, 2.75) is 31.6 Å². The molecule has 2 N–H and O–H groups in total. The summed E-state index contributed by atoms with van der Waals surface area (Å²) in [6.45, 7) is 1.84. The van der Waals surface area contributed by atoms with E-state index in [9.17, 15) is 14.0 Å². The van der Waals surface area contributed by atoms with Crippen molar-refractivity contribution in [1.29, 1.82) is 0 Å². The Bertz CT molecular complexity index is 1300. The molecule has 1 aliphatic heterocycles. The molecule has 5 rings (SSSR count). The van der Waals surface area contributed by atoms with E-state index in [0.717, 1.165) is 11.3 Å². The van der Waals surface area contributed by atoms with E-state index in [0.29, 0.717) is 40.9 Å². The molecule has 2 aromatic carbocycles. The van der Waals surface area contributed by atoms with Gasteiger partial charge in [-0.15, -0.1) is 0 Å². The second-order valence-corrected chi connectivity index (χ2v) is 8.68. The van der Waals surface area contributed by atoms with Crippen LogP contribution in [-0.4, -0.2) is 16.7 Å². The number of aromatic nitrogens is 1. The predicted molar refractivity (Wildman–Crippen MR) is 128 cm³/mol. The predicted octanol–water partition coefficient (Wildman–Crippen LogP) is 5.22. The SMILES string of the molecule is CC1=C(C(=O)Nc2cccnc2)[C@H](c2ccc(F)cc2)C2=C(C[C@H](c3ccccc3)CC2=O)N1. The van der Waals surface area contributed by atoms with Gasteiger partial charge in [0, 0.05) is 41.1 Å². The van der Waals surface area contributed by atoms with E-state index in [1.165, 1.54) is 12.1 Å². The van der Waals surface area contributed by atoms with Crippen LogP contribution in [0.3, 0.4) is 0 Å². The number of halogens is 1. The summed E-state index contributed by atoms with van der Waals surface area (Å²) in [7, 11) is 0. The summed E-state index contributed by atoms with van der Waals surface area (Å²) in [5.74, 6) is -1.22. The maximum atomic E-state index is 13.7. The summed E-state index contributed by atoms with van der Waals surface area (Å²) < 4.78 is 13.7. The number of rotatable bonds is 4. The van der Waals surface area contributed by atoms with Gasteiger partial charge in [0.15, 0.2) is 5.78 Å². The molecule has 1 amide bonds. The fourth-order valence-electron chi connectivity index (χ4n) is 4.92. The Labute approximate surface area is 197 Å². The number of pyridine rings is 1. The van der Waals surface area contributed by atoms with Gasteiger partial charge in [-0.05, 0) is 54.7 Å². The minimum atomic E-state index is -0.585. The van der Waals surface area contributed by atoms with E-state index in [-0.39, 0.29) is 23.4 Å². The number of nitrogens with one attached hydrogen (secondary N) is 2. The Morgan fingerprint density at radius 3 is 2.47 bits per heavy atom. The van der Waals surface area contributed by atoms with E-state index in [2.05, 4.69) is 15.6 Å². The van der Waals surface area contributed by atoms with Crippen LogP contribution in [0.2, 0.25) is 0 Å². The van der Waals surface area contributed by atoms with E-state index >= 15 is 0 Å². The molecule has 1 aliphatic carbocycles. The van der Waals surface area contributed by atoms with Crippen molar-refractivity contribution in [3.8, 4) is 0 Å². The second-order valence-electron chi connectivity index (χ2n) is 8.68. The van der Waals surface area contributed by atoms with Crippen LogP contribution < -0.4 is 10.6 Å². The molecule has 170 valence electrons. The van der Waals surface area contributed by atoms with Crippen molar-refractivity contribution in [2.24, 2.45) is 0 Å². The van der Waals surface area contributed by atoms with Crippen molar-refractivity contribution >= 4 is 17.4 Å². The van der Waals surface area contributed by atoms with Crippen LogP contribution in [0.5, 0.6) is 0 Å². The number of benzene rings is 2. The number of hydrogen-bond acceptors (Lipinski definition) is 4. The van der Waals surface area contributed by atoms with Gasteiger partial charge < -0.3 is 10.6 Å². The van der Waals surface area contributed by atoms with Crippen LogP contribution >= 0.6 is 0 Å². The molecule has 5 nitrogen and oxygen atoms in total. The molecule has 1 aromatic heterocycles. The molecule has 0 saturated heterocycles. The smallest absolute Gasteiger partial charge is 0.254 e. The third-order valence-electron chi connectivity index (χ3n) is 6.47. The number of ketones is 1. The van der Waals surface area contributed by atoms with Gasteiger partial charge in [-0.3, -0.25) is 14.6 Å². The van der Waals surface area contributed by atoms with Crippen LogP contribution in [0.4, 0.5) is 10.1 Å². The molecule has 2 atom stereocenters. The third-order valence-corrected chi connectivity index (χ3v) is 6.47. The number of carbonyl (C=O) groups excluding carboxylic acids is 2. The van der Waals surface area contributed by atoms with Gasteiger partial charge in [0.2, 0.25) is 0 Å². The van der Waals surface area contributed by atoms with Crippen LogP contribution in [-0.2, 0) is 9.59 Å². The molecule has 0 radical (unpaired) electrons. The molecule has 0 unspecified atom stereocenters. The highest BCUT2D eigenvalue weighted by molar-refractivity contribution is 6.09. The van der Waals surface area contributed by atoms with Crippen LogP contribution in [0, 0.1) is 5.82 Å². The van der Waals surface area contributed by atoms with E-state index < -0.39 is 5.92 Å². The Morgan fingerprint density at radius 2 is 1.76 bits per heavy atom. The highest BCUT2D eigenvalue weighted by Crippen LogP contribution is 2.45. The Balaban J connectivity index is 1.56. The first-order chi connectivity index (χ1) is 16.5. The largest absolute Gasteiger partial charge is 0.362 e. The molecular weight excluding hydrogens is 429 g/mol. The topological polar surface area (TPSA) is 71.1 Å². The van der Waals surface area contributed by atoms with E-state index in [1.807, 2.05) is 37.3 Å². The number of Topliss-reactive ketones (excluding diaryl/α,β-unsaturated/α-hetero) is 1. The molecule has 34 heavy (non-hydrogen) atoms. The average Bonchev–Trinajstić information content (AvgIpc) is 2.84. The number of dihydropyridines is 1. The number of nitrogens with zero attached hydrogens (tertiary/aromatic N) is 1. The summed E-state index contributed by atoms with van der Waals surface area (Å²) in [6, 6.07) is 19.5. The lowest BCUT2D eigenvalue weighted by molar-refractivity contribution is -0.116. The molecule has 6 heteroatoms. The summed E-state index contributed by atoms with van der Waals surface area (Å²) in [6.07, 6.45) is 4.22. The lowest BCUT2D eigenvalue weighted by atomic mass is 9.71. The number of carbonyl (C=O) groups is 2. The molecule has 0 fully saturated rings. The molecule has 0 saturated carbocycles. The quantitative estimate of drug-likeness (QED) is 0.568. The zero-order chi connectivity index (χ0) is 23.7. The van der Waals surface area contributed by atoms with Gasteiger partial charge in [-0.1, -0.05) is 42.5 Å². The summed E-state index contributed by atoms with van der Waals surface area (Å²) in [5, 5.41) is 6.26. The lowest BCUT2D eigenvalue weighted by Crippen LogP contribution is -2.37. The van der Waals surface area contributed by atoms with Gasteiger partial charge in [-0.25, -0.2) is 4.39 Å². The first kappa shape index (κ1) is 21.8. The molecule has 0 bridgehead atoms. The number of allylic oxidation sites excluding steroid dienone is 3. The molecule has 2 aliphatic rings. The normalized spacial score (nSPS) is 20.0. The Hall–Kier alpha value is -4.06. The van der Waals surface area contributed by atoms with Crippen molar-refractivity contribution in [3.05, 3.63) is 119 Å². The van der Waals surface area contributed by atoms with Crippen molar-refractivity contribution in [1.82, 2.24) is 10.3 Å². The first-order valence-electron chi connectivity index (χ1n) is 11.3. The number of anilines is 1. The van der Waals surface area contributed by atoms with Crippen LogP contribution in [0.15, 0.2) is 102 Å². The number of amides is 1. The molecular formula is C28H24FN3O2. The van der Waals surface area contributed by atoms with Crippen LogP contribution in [0.1, 0.15) is 42.7 Å². The average molecular weight is 454 g/mol. The van der Waals surface area contributed by atoms with Crippen LogP contribution in [0.25, 0.3) is 0 Å². The maximum absolute atomic E-state index is 13.7. The maximum Gasteiger partial charge on any atom is 0.254 e. The molecule has 0 spiro atoms. The van der Waals surface area contributed by atoms with Gasteiger partial charge in [-0.2, -0.15) is 0 Å². The van der Waals surface area contributed by atoms with Gasteiger partial charge in [0.25, 0.3) is 5.91 Å². The highest BCUT2D eigenvalue weighted by atomic mass is 19.1. The fourth-order valence-corrected chi connectivity index (χ4v) is 4.92. The summed E-state index contributed by atoms with van der Waals surface area (Å²) >= 11 is 0. The van der Waals surface area contributed by atoms with E-state index in [4.69, 9.17) is 0 Å². The monoisotopic (exact) mass is 453 g/mol. The zero-order valence-electron chi connectivity index (χ0n) is 18.7. The van der Waals surface area contributed by atoms with Crippen molar-refractivity contribution in [2.75, 3.05) is 5.32 Å². The minimum Gasteiger partial charge on any atom is -0.362 e. The zero-order valence-corrected chi connectivity index (χ0v) is 18.7. The Morgan fingerprint density at radius 1 is 1.00 bits per heavy atom. The van der Waals surface area contributed by atoms with Gasteiger partial charge >= 0.3 is 0 Å². The summed E-state index contributed by atoms with van der Waals surface area (Å²) in [5.41, 5.74) is 4.92. The highest BCUT2D eigenvalue weighted by Gasteiger charge is 2.40. The third kappa shape index (κ3) is 4.15. The van der Waals surface area contributed by atoms with Gasteiger partial charge in [0.05, 0.1) is 11.9 Å². The second kappa shape index (κ2) is 9.06. The fraction of sp³-hybridized carbons (Fsp3) is 0.179. The van der Waals surface area contributed by atoms with E-state index in [1.54, 1.807) is 36.7 Å². The lowest BCUT2D eigenvalue weighted by Gasteiger charge is -2.37. The first-order valence-corrected chi connectivity index (χ1v) is 11.3. The minimum absolute atomic E-state index is 0.00361. The molecule has 2 heterocycles. The standard InChI is InChI=1S/C28H24FN3O2/c1-17-25(28(34)32-22-8-5-13-30-16-22)26(19-9-11-21(29)12-10-19)27-23(31-17)14-20(15-24(27)33)18-6-3-2-4-7-18/h2-13,16,20,26,31H,14-15H2,1H3,(H,32,34)/t20-,26-/m0/s1. The summed E-state index contributed by atoms with van der Waals surface area (Å²) in [4.78, 5) is 31.1.